The zero-order chi connectivity index (χ0) is 14.0. The molecule has 0 spiro atoms. The highest BCUT2D eigenvalue weighted by molar-refractivity contribution is 5.55. The Balaban J connectivity index is 2.62. The number of halogens is 3. The molecule has 2 aromatic rings. The van der Waals surface area contributed by atoms with Crippen LogP contribution in [0.3, 0.4) is 0 Å². The van der Waals surface area contributed by atoms with E-state index in [4.69, 9.17) is 0 Å². The molecule has 0 saturated carbocycles. The quantitative estimate of drug-likeness (QED) is 0.839. The van der Waals surface area contributed by atoms with Gasteiger partial charge in [0.1, 0.15) is 12.4 Å². The van der Waals surface area contributed by atoms with E-state index in [0.29, 0.717) is 15.8 Å². The van der Waals surface area contributed by atoms with Crippen LogP contribution in [0.25, 0.3) is 11.4 Å². The molecule has 0 amide bonds. The van der Waals surface area contributed by atoms with Crippen LogP contribution in [0.2, 0.25) is 0 Å². The van der Waals surface area contributed by atoms with Crippen LogP contribution < -0.4 is 5.56 Å². The Morgan fingerprint density at radius 2 is 1.84 bits per heavy atom. The smallest absolute Gasteiger partial charge is 0.283 e. The van der Waals surface area contributed by atoms with Gasteiger partial charge in [-0.15, -0.1) is 0 Å². The van der Waals surface area contributed by atoms with Gasteiger partial charge < -0.3 is 0 Å². The van der Waals surface area contributed by atoms with E-state index in [1.54, 1.807) is 37.3 Å². The molecule has 1 aromatic carbocycles. The molecule has 0 aliphatic rings. The van der Waals surface area contributed by atoms with Crippen molar-refractivity contribution < 1.29 is 13.2 Å². The summed E-state index contributed by atoms with van der Waals surface area (Å²) in [5.74, 6) is 0.0305. The van der Waals surface area contributed by atoms with Crippen LogP contribution in [-0.2, 0) is 6.54 Å². The number of aromatic nitrogens is 2. The highest BCUT2D eigenvalue weighted by Gasteiger charge is 2.30. The maximum atomic E-state index is 12.5. The normalized spacial score (nSPS) is 11.6. The van der Waals surface area contributed by atoms with Crippen molar-refractivity contribution in [3.63, 3.8) is 0 Å². The van der Waals surface area contributed by atoms with Crippen LogP contribution in [-0.4, -0.2) is 15.7 Å². The zero-order valence-electron chi connectivity index (χ0n) is 10.1. The van der Waals surface area contributed by atoms with Gasteiger partial charge >= 0.3 is 6.18 Å². The molecule has 0 aliphatic carbocycles. The van der Waals surface area contributed by atoms with Crippen molar-refractivity contribution in [3.05, 3.63) is 52.4 Å². The fourth-order valence-corrected chi connectivity index (χ4v) is 1.76. The van der Waals surface area contributed by atoms with Crippen LogP contribution in [0.1, 0.15) is 5.69 Å². The van der Waals surface area contributed by atoms with Gasteiger partial charge in [0.05, 0.1) is 0 Å². The summed E-state index contributed by atoms with van der Waals surface area (Å²) in [4.78, 5) is 15.8. The molecule has 0 atom stereocenters. The maximum Gasteiger partial charge on any atom is 0.406 e. The van der Waals surface area contributed by atoms with Crippen LogP contribution in [0.4, 0.5) is 13.2 Å². The first kappa shape index (κ1) is 13.3. The SMILES string of the molecule is Cc1cc(=O)n(CC(F)(F)F)c(-c2ccccc2)n1. The molecule has 100 valence electrons. The topological polar surface area (TPSA) is 34.9 Å². The third-order valence-corrected chi connectivity index (χ3v) is 2.51. The van der Waals surface area contributed by atoms with Gasteiger partial charge in [0.2, 0.25) is 0 Å². The van der Waals surface area contributed by atoms with Crippen molar-refractivity contribution in [1.29, 1.82) is 0 Å². The molecule has 2 rings (SSSR count). The molecule has 0 radical (unpaired) electrons. The van der Waals surface area contributed by atoms with E-state index in [0.717, 1.165) is 6.07 Å². The van der Waals surface area contributed by atoms with Gasteiger partial charge in [-0.3, -0.25) is 9.36 Å². The van der Waals surface area contributed by atoms with Gasteiger partial charge in [0, 0.05) is 17.3 Å². The molecule has 19 heavy (non-hydrogen) atoms. The predicted molar refractivity (Wildman–Crippen MR) is 64.7 cm³/mol. The molecule has 1 heterocycles. The van der Waals surface area contributed by atoms with Gasteiger partial charge in [-0.25, -0.2) is 4.98 Å². The standard InChI is InChI=1S/C13H11F3N2O/c1-9-7-11(19)18(8-13(14,15)16)12(17-9)10-5-3-2-4-6-10/h2-7H,8H2,1H3. The average Bonchev–Trinajstić information content (AvgIpc) is 2.32. The minimum Gasteiger partial charge on any atom is -0.283 e. The number of alkyl halides is 3. The summed E-state index contributed by atoms with van der Waals surface area (Å²) < 4.78 is 38.2. The summed E-state index contributed by atoms with van der Waals surface area (Å²) in [6, 6.07) is 9.44. The lowest BCUT2D eigenvalue weighted by Gasteiger charge is -2.14. The van der Waals surface area contributed by atoms with E-state index in [9.17, 15) is 18.0 Å². The number of nitrogens with zero attached hydrogens (tertiary/aromatic N) is 2. The number of aryl methyl sites for hydroxylation is 1. The summed E-state index contributed by atoms with van der Waals surface area (Å²) in [6.45, 7) is 0.231. The first-order valence-electron chi connectivity index (χ1n) is 5.57. The first-order chi connectivity index (χ1) is 8.87. The summed E-state index contributed by atoms with van der Waals surface area (Å²) in [7, 11) is 0. The molecule has 6 heteroatoms. The summed E-state index contributed by atoms with van der Waals surface area (Å²) in [5, 5.41) is 0. The van der Waals surface area contributed by atoms with Crippen molar-refractivity contribution >= 4 is 0 Å². The summed E-state index contributed by atoms with van der Waals surface area (Å²) in [5.41, 5.74) is 0.165. The molecule has 0 aliphatic heterocycles. The predicted octanol–water partition coefficient (Wildman–Crippen LogP) is 2.78. The summed E-state index contributed by atoms with van der Waals surface area (Å²) >= 11 is 0. The van der Waals surface area contributed by atoms with Crippen molar-refractivity contribution in [2.75, 3.05) is 0 Å². The number of hydrogen-bond acceptors (Lipinski definition) is 2. The Morgan fingerprint density at radius 1 is 1.21 bits per heavy atom. The average molecular weight is 268 g/mol. The van der Waals surface area contributed by atoms with Crippen molar-refractivity contribution in [2.24, 2.45) is 0 Å². The Hall–Kier alpha value is -2.11. The van der Waals surface area contributed by atoms with Crippen LogP contribution in [0.5, 0.6) is 0 Å². The molecule has 0 bridgehead atoms. The fourth-order valence-electron chi connectivity index (χ4n) is 1.76. The lowest BCUT2D eigenvalue weighted by molar-refractivity contribution is -0.141. The van der Waals surface area contributed by atoms with E-state index < -0.39 is 18.3 Å². The highest BCUT2D eigenvalue weighted by atomic mass is 19.4. The Kier molecular flexibility index (Phi) is 3.42. The second kappa shape index (κ2) is 4.87. The van der Waals surface area contributed by atoms with Crippen LogP contribution >= 0.6 is 0 Å². The van der Waals surface area contributed by atoms with Gasteiger partial charge in [-0.05, 0) is 6.92 Å². The second-order valence-electron chi connectivity index (χ2n) is 4.13. The van der Waals surface area contributed by atoms with Gasteiger partial charge in [0.15, 0.2) is 0 Å². The van der Waals surface area contributed by atoms with E-state index in [-0.39, 0.29) is 5.82 Å². The third kappa shape index (κ3) is 3.21. The van der Waals surface area contributed by atoms with E-state index in [1.165, 1.54) is 0 Å². The van der Waals surface area contributed by atoms with Gasteiger partial charge in [-0.2, -0.15) is 13.2 Å². The van der Waals surface area contributed by atoms with Crippen LogP contribution in [0, 0.1) is 6.92 Å². The second-order valence-corrected chi connectivity index (χ2v) is 4.13. The summed E-state index contributed by atoms with van der Waals surface area (Å²) in [6.07, 6.45) is -4.47. The number of hydrogen-bond donors (Lipinski definition) is 0. The highest BCUT2D eigenvalue weighted by Crippen LogP contribution is 2.21. The zero-order valence-corrected chi connectivity index (χ0v) is 10.1. The minimum absolute atomic E-state index is 0.0305. The van der Waals surface area contributed by atoms with Gasteiger partial charge in [-0.1, -0.05) is 30.3 Å². The molecular formula is C13H11F3N2O. The van der Waals surface area contributed by atoms with E-state index >= 15 is 0 Å². The van der Waals surface area contributed by atoms with E-state index in [1.807, 2.05) is 0 Å². The molecule has 0 saturated heterocycles. The lowest BCUT2D eigenvalue weighted by Crippen LogP contribution is -2.30. The van der Waals surface area contributed by atoms with Crippen molar-refractivity contribution in [3.8, 4) is 11.4 Å². The molecular weight excluding hydrogens is 257 g/mol. The molecule has 0 N–H and O–H groups in total. The fraction of sp³-hybridized carbons (Fsp3) is 0.231. The van der Waals surface area contributed by atoms with Crippen molar-refractivity contribution in [1.82, 2.24) is 9.55 Å². The monoisotopic (exact) mass is 268 g/mol. The largest absolute Gasteiger partial charge is 0.406 e. The lowest BCUT2D eigenvalue weighted by atomic mass is 10.2. The van der Waals surface area contributed by atoms with E-state index in [2.05, 4.69) is 4.98 Å². The Labute approximate surface area is 107 Å². The molecule has 0 fully saturated rings. The van der Waals surface area contributed by atoms with Crippen molar-refractivity contribution in [2.45, 2.75) is 19.6 Å². The minimum atomic E-state index is -4.47. The number of benzene rings is 1. The third-order valence-electron chi connectivity index (χ3n) is 2.51. The molecule has 3 nitrogen and oxygen atoms in total. The molecule has 1 aromatic heterocycles. The Morgan fingerprint density at radius 3 is 2.42 bits per heavy atom. The van der Waals surface area contributed by atoms with Gasteiger partial charge in [0.25, 0.3) is 5.56 Å². The first-order valence-corrected chi connectivity index (χ1v) is 5.57. The van der Waals surface area contributed by atoms with Crippen LogP contribution in [0.15, 0.2) is 41.2 Å². The maximum absolute atomic E-state index is 12.5. The Bertz CT molecular complexity index is 633. The molecule has 0 unspecified atom stereocenters. The number of rotatable bonds is 2.